The number of benzene rings is 3. The van der Waals surface area contributed by atoms with Gasteiger partial charge >= 0.3 is 5.16 Å². The monoisotopic (exact) mass is 641 g/mol. The minimum Gasteiger partial charge on any atom is -0.871 e. The molecule has 0 spiro atoms. The molecule has 1 aromatic heterocycles. The van der Waals surface area contributed by atoms with Crippen LogP contribution in [0.15, 0.2) is 85.9 Å². The van der Waals surface area contributed by atoms with Crippen molar-refractivity contribution in [2.75, 3.05) is 5.75 Å². The Bertz CT molecular complexity index is 1430. The van der Waals surface area contributed by atoms with Crippen molar-refractivity contribution in [3.8, 4) is 22.8 Å². The Morgan fingerprint density at radius 2 is 1.84 bits per heavy atom. The van der Waals surface area contributed by atoms with Crippen LogP contribution in [0.3, 0.4) is 0 Å². The standard InChI is InChI=1S/C27H25Br2N5O2S/c1-27(2,3)19-11-9-17(10-12-19)25-32-33-26(34(25)21-7-5-4-6-8-21)37-16-23(35)31-30-15-18-13-20(28)14-22(29)24(18)36/h4-15H,16H2,1-3H3,(H2,30,31,35,36). The van der Waals surface area contributed by atoms with Crippen LogP contribution < -0.4 is 15.1 Å². The van der Waals surface area contributed by atoms with Gasteiger partial charge in [0.15, 0.2) is 0 Å². The Kier molecular flexibility index (Phi) is 8.51. The largest absolute Gasteiger partial charge is 0.871 e. The van der Waals surface area contributed by atoms with Gasteiger partial charge in [0.1, 0.15) is 5.69 Å². The lowest BCUT2D eigenvalue weighted by Crippen LogP contribution is -2.34. The second-order valence-electron chi connectivity index (χ2n) is 9.24. The van der Waals surface area contributed by atoms with Gasteiger partial charge in [0.25, 0.3) is 11.7 Å². The van der Waals surface area contributed by atoms with Crippen molar-refractivity contribution in [2.45, 2.75) is 31.3 Å². The molecule has 0 fully saturated rings. The zero-order valence-corrected chi connectivity index (χ0v) is 24.4. The van der Waals surface area contributed by atoms with E-state index >= 15 is 0 Å². The fourth-order valence-electron chi connectivity index (χ4n) is 3.54. The molecule has 0 aliphatic rings. The van der Waals surface area contributed by atoms with Crippen molar-refractivity contribution in [2.24, 2.45) is 5.10 Å². The number of rotatable bonds is 7. The Morgan fingerprint density at radius 3 is 2.51 bits per heavy atom. The molecule has 0 atom stereocenters. The van der Waals surface area contributed by atoms with Gasteiger partial charge in [-0.15, -0.1) is 5.10 Å². The SMILES string of the molecule is CC(C)(C)c1ccc(-c2[nH]nc(SCC(=O)NN=Cc3cc(Br)cc(Br)c3[O-])[n+]2-c2ccccc2)cc1. The number of nitrogens with one attached hydrogen (secondary N) is 2. The average Bonchev–Trinajstić information content (AvgIpc) is 3.29. The summed E-state index contributed by atoms with van der Waals surface area (Å²) in [5, 5.41) is 24.4. The molecular formula is C27H25Br2N5O2S. The maximum atomic E-state index is 12.5. The minimum absolute atomic E-state index is 0.0571. The molecule has 1 amide bonds. The van der Waals surface area contributed by atoms with Gasteiger partial charge < -0.3 is 5.11 Å². The van der Waals surface area contributed by atoms with Gasteiger partial charge in [-0.1, -0.05) is 88.7 Å². The van der Waals surface area contributed by atoms with Gasteiger partial charge in [0.05, 0.1) is 22.6 Å². The molecule has 3 aromatic carbocycles. The first kappa shape index (κ1) is 27.1. The van der Waals surface area contributed by atoms with Crippen molar-refractivity contribution in [1.82, 2.24) is 15.6 Å². The van der Waals surface area contributed by atoms with Crippen LogP contribution in [0.1, 0.15) is 31.9 Å². The fourth-order valence-corrected chi connectivity index (χ4v) is 5.56. The summed E-state index contributed by atoms with van der Waals surface area (Å²) < 4.78 is 3.14. The third kappa shape index (κ3) is 6.68. The summed E-state index contributed by atoms with van der Waals surface area (Å²) in [6.45, 7) is 6.55. The molecule has 0 aliphatic carbocycles. The quantitative estimate of drug-likeness (QED) is 0.121. The zero-order chi connectivity index (χ0) is 26.6. The average molecular weight is 643 g/mol. The third-order valence-corrected chi connectivity index (χ3v) is 7.46. The lowest BCUT2D eigenvalue weighted by Gasteiger charge is -2.18. The molecule has 4 rings (SSSR count). The Morgan fingerprint density at radius 1 is 1.14 bits per heavy atom. The van der Waals surface area contributed by atoms with Gasteiger partial charge in [-0.25, -0.2) is 5.43 Å². The van der Waals surface area contributed by atoms with E-state index in [-0.39, 0.29) is 22.8 Å². The summed E-state index contributed by atoms with van der Waals surface area (Å²) in [6, 6.07) is 21.6. The molecular weight excluding hydrogens is 618 g/mol. The van der Waals surface area contributed by atoms with E-state index in [1.807, 2.05) is 34.9 Å². The molecule has 7 nitrogen and oxygen atoms in total. The van der Waals surface area contributed by atoms with Crippen LogP contribution in [-0.4, -0.2) is 28.1 Å². The fraction of sp³-hybridized carbons (Fsp3) is 0.185. The van der Waals surface area contributed by atoms with E-state index < -0.39 is 0 Å². The maximum Gasteiger partial charge on any atom is 0.342 e. The molecule has 0 unspecified atom stereocenters. The number of amides is 1. The van der Waals surface area contributed by atoms with Crippen LogP contribution in [0.25, 0.3) is 17.1 Å². The van der Waals surface area contributed by atoms with Crippen molar-refractivity contribution < 1.29 is 14.5 Å². The van der Waals surface area contributed by atoms with Crippen molar-refractivity contribution in [3.63, 3.8) is 0 Å². The van der Waals surface area contributed by atoms with E-state index in [1.165, 1.54) is 23.5 Å². The molecule has 1 heterocycles. The Balaban J connectivity index is 1.52. The summed E-state index contributed by atoms with van der Waals surface area (Å²) in [6.07, 6.45) is 1.33. The van der Waals surface area contributed by atoms with Gasteiger partial charge in [-0.2, -0.15) is 9.67 Å². The van der Waals surface area contributed by atoms with Crippen LogP contribution >= 0.6 is 43.6 Å². The van der Waals surface area contributed by atoms with Crippen molar-refractivity contribution in [1.29, 1.82) is 0 Å². The van der Waals surface area contributed by atoms with Crippen molar-refractivity contribution in [3.05, 3.63) is 86.8 Å². The van der Waals surface area contributed by atoms with Crippen LogP contribution in [-0.2, 0) is 10.2 Å². The van der Waals surface area contributed by atoms with E-state index in [9.17, 15) is 9.90 Å². The second kappa shape index (κ2) is 11.6. The molecule has 190 valence electrons. The number of halogens is 2. The number of thioether (sulfide) groups is 1. The molecule has 0 saturated carbocycles. The first-order valence-electron chi connectivity index (χ1n) is 11.4. The molecule has 37 heavy (non-hydrogen) atoms. The van der Waals surface area contributed by atoms with Gasteiger partial charge in [-0.05, 0) is 64.7 Å². The lowest BCUT2D eigenvalue weighted by atomic mass is 9.87. The number of hydrogen-bond acceptors (Lipinski definition) is 5. The topological polar surface area (TPSA) is 97.1 Å². The summed E-state index contributed by atoms with van der Waals surface area (Å²) in [5.74, 6) is 0.375. The molecule has 4 aromatic rings. The first-order valence-corrected chi connectivity index (χ1v) is 14.0. The molecule has 0 saturated heterocycles. The number of hydrogen-bond donors (Lipinski definition) is 2. The van der Waals surface area contributed by atoms with Gasteiger partial charge in [0, 0.05) is 8.95 Å². The van der Waals surface area contributed by atoms with Crippen LogP contribution in [0.2, 0.25) is 0 Å². The minimum atomic E-state index is -0.318. The second-order valence-corrected chi connectivity index (χ2v) is 12.0. The van der Waals surface area contributed by atoms with Crippen LogP contribution in [0.5, 0.6) is 5.75 Å². The van der Waals surface area contributed by atoms with E-state index in [2.05, 4.69) is 97.6 Å². The molecule has 0 radical (unpaired) electrons. The summed E-state index contributed by atoms with van der Waals surface area (Å²) in [7, 11) is 0. The zero-order valence-electron chi connectivity index (χ0n) is 20.5. The molecule has 0 aliphatic heterocycles. The predicted octanol–water partition coefficient (Wildman–Crippen LogP) is 5.49. The molecule has 10 heteroatoms. The number of H-pyrrole nitrogens is 1. The van der Waals surface area contributed by atoms with Gasteiger partial charge in [-0.3, -0.25) is 4.79 Å². The number of nitrogens with zero attached hydrogens (tertiary/aromatic N) is 3. The smallest absolute Gasteiger partial charge is 0.342 e. The number of carbonyl (C=O) groups is 1. The van der Waals surface area contributed by atoms with E-state index in [4.69, 9.17) is 0 Å². The van der Waals surface area contributed by atoms with Crippen LogP contribution in [0, 0.1) is 0 Å². The van der Waals surface area contributed by atoms with E-state index in [0.717, 1.165) is 21.5 Å². The number of carbonyl (C=O) groups excluding carboxylic acids is 1. The predicted molar refractivity (Wildman–Crippen MR) is 152 cm³/mol. The Labute approximate surface area is 236 Å². The highest BCUT2D eigenvalue weighted by atomic mass is 79.9. The number of hydrazone groups is 1. The summed E-state index contributed by atoms with van der Waals surface area (Å²) in [5.41, 5.74) is 6.04. The lowest BCUT2D eigenvalue weighted by molar-refractivity contribution is -0.625. The molecule has 0 bridgehead atoms. The number of aromatic nitrogens is 3. The number of para-hydroxylation sites is 1. The van der Waals surface area contributed by atoms with Crippen molar-refractivity contribution >= 4 is 55.7 Å². The highest BCUT2D eigenvalue weighted by Crippen LogP contribution is 2.28. The van der Waals surface area contributed by atoms with Crippen LogP contribution in [0.4, 0.5) is 0 Å². The molecule has 2 N–H and O–H groups in total. The summed E-state index contributed by atoms with van der Waals surface area (Å²) in [4.78, 5) is 12.5. The highest BCUT2D eigenvalue weighted by Gasteiger charge is 2.25. The Hall–Kier alpha value is -2.95. The van der Waals surface area contributed by atoms with Gasteiger partial charge in [0.2, 0.25) is 0 Å². The van der Waals surface area contributed by atoms with E-state index in [1.54, 1.807) is 12.1 Å². The maximum absolute atomic E-state index is 12.5. The summed E-state index contributed by atoms with van der Waals surface area (Å²) >= 11 is 7.85. The third-order valence-electron chi connectivity index (χ3n) is 5.47. The number of aromatic amines is 1. The van der Waals surface area contributed by atoms with E-state index in [0.29, 0.717) is 15.2 Å². The first-order chi connectivity index (χ1) is 17.6. The normalized spacial score (nSPS) is 11.7. The highest BCUT2D eigenvalue weighted by molar-refractivity contribution is 9.11.